The molecule has 0 radical (unpaired) electrons. The summed E-state index contributed by atoms with van der Waals surface area (Å²) in [5, 5.41) is 0. The number of fused-ring (bicyclic) bond motifs is 1. The second-order valence-corrected chi connectivity index (χ2v) is 4.17. The fraction of sp³-hybridized carbons (Fsp3) is 0.462. The minimum absolute atomic E-state index is 0.328. The van der Waals surface area contributed by atoms with Crippen LogP contribution in [0.15, 0.2) is 23.2 Å². The van der Waals surface area contributed by atoms with E-state index in [-0.39, 0.29) is 0 Å². The first-order valence-corrected chi connectivity index (χ1v) is 5.96. The molecule has 0 spiro atoms. The van der Waals surface area contributed by atoms with Crippen LogP contribution in [-0.4, -0.2) is 25.8 Å². The molecule has 4 heteroatoms. The maximum absolute atomic E-state index is 5.49. The molecule has 0 fully saturated rings. The van der Waals surface area contributed by atoms with Gasteiger partial charge in [0, 0.05) is 19.4 Å². The zero-order valence-electron chi connectivity index (χ0n) is 9.65. The van der Waals surface area contributed by atoms with E-state index in [0.717, 1.165) is 49.8 Å². The fourth-order valence-electron chi connectivity index (χ4n) is 2.00. The summed E-state index contributed by atoms with van der Waals surface area (Å²) in [6, 6.07) is 6.06. The molecule has 0 saturated heterocycles. The van der Waals surface area contributed by atoms with Crippen molar-refractivity contribution >= 4 is 5.90 Å². The lowest BCUT2D eigenvalue weighted by atomic mass is 10.1. The van der Waals surface area contributed by atoms with Crippen LogP contribution in [0.3, 0.4) is 0 Å². The van der Waals surface area contributed by atoms with Gasteiger partial charge < -0.3 is 14.2 Å². The molecular formula is C13H15NO3. The van der Waals surface area contributed by atoms with Crippen LogP contribution in [0.1, 0.15) is 18.4 Å². The van der Waals surface area contributed by atoms with E-state index in [4.69, 9.17) is 14.2 Å². The largest absolute Gasteiger partial charge is 0.481 e. The third kappa shape index (κ3) is 2.35. The lowest BCUT2D eigenvalue weighted by Gasteiger charge is -2.13. The molecule has 4 nitrogen and oxygen atoms in total. The summed E-state index contributed by atoms with van der Waals surface area (Å²) in [4.78, 5) is 4.36. The first-order valence-electron chi connectivity index (χ1n) is 5.96. The quantitative estimate of drug-likeness (QED) is 0.803. The molecule has 0 atom stereocenters. The van der Waals surface area contributed by atoms with Gasteiger partial charge in [-0.3, -0.25) is 4.99 Å². The summed E-state index contributed by atoms with van der Waals surface area (Å²) in [7, 11) is 0. The summed E-state index contributed by atoms with van der Waals surface area (Å²) in [6.45, 7) is 2.03. The van der Waals surface area contributed by atoms with E-state index in [0.29, 0.717) is 6.79 Å². The molecule has 0 saturated carbocycles. The molecule has 2 aliphatic heterocycles. The highest BCUT2D eigenvalue weighted by Gasteiger charge is 2.13. The van der Waals surface area contributed by atoms with E-state index in [2.05, 4.69) is 11.1 Å². The Kier molecular flexibility index (Phi) is 2.86. The van der Waals surface area contributed by atoms with Crippen LogP contribution in [0, 0.1) is 0 Å². The first kappa shape index (κ1) is 10.4. The van der Waals surface area contributed by atoms with E-state index in [9.17, 15) is 0 Å². The zero-order valence-corrected chi connectivity index (χ0v) is 9.65. The Balaban J connectivity index is 1.63. The van der Waals surface area contributed by atoms with Gasteiger partial charge in [0.05, 0.1) is 6.61 Å². The molecule has 0 aliphatic carbocycles. The molecule has 90 valence electrons. The topological polar surface area (TPSA) is 40.0 Å². The summed E-state index contributed by atoms with van der Waals surface area (Å²) in [5.41, 5.74) is 1.23. The third-order valence-corrected chi connectivity index (χ3v) is 2.92. The first-order chi connectivity index (χ1) is 8.42. The maximum atomic E-state index is 5.49. The summed E-state index contributed by atoms with van der Waals surface area (Å²) >= 11 is 0. The standard InChI is InChI=1S/C13H15NO3/c1-6-14-13(15-7-1)5-3-10-2-4-11-12(8-10)17-9-16-11/h2,4,8H,1,3,5-7,9H2. The van der Waals surface area contributed by atoms with Crippen molar-refractivity contribution in [3.63, 3.8) is 0 Å². The highest BCUT2D eigenvalue weighted by atomic mass is 16.7. The Labute approximate surface area is 100 Å². The van der Waals surface area contributed by atoms with Crippen molar-refractivity contribution in [1.82, 2.24) is 0 Å². The highest BCUT2D eigenvalue weighted by Crippen LogP contribution is 2.32. The third-order valence-electron chi connectivity index (χ3n) is 2.92. The molecular weight excluding hydrogens is 218 g/mol. The normalized spacial score (nSPS) is 17.5. The number of nitrogens with zero attached hydrogens (tertiary/aromatic N) is 1. The zero-order chi connectivity index (χ0) is 11.5. The van der Waals surface area contributed by atoms with Crippen LogP contribution >= 0.6 is 0 Å². The Bertz CT molecular complexity index is 442. The number of benzene rings is 1. The Morgan fingerprint density at radius 3 is 2.88 bits per heavy atom. The van der Waals surface area contributed by atoms with Gasteiger partial charge in [0.2, 0.25) is 6.79 Å². The van der Waals surface area contributed by atoms with Gasteiger partial charge in [0.15, 0.2) is 17.4 Å². The van der Waals surface area contributed by atoms with Crippen LogP contribution in [0.25, 0.3) is 0 Å². The van der Waals surface area contributed by atoms with Crippen molar-refractivity contribution in [2.75, 3.05) is 19.9 Å². The molecule has 17 heavy (non-hydrogen) atoms. The van der Waals surface area contributed by atoms with Gasteiger partial charge >= 0.3 is 0 Å². The van der Waals surface area contributed by atoms with Gasteiger partial charge in [-0.15, -0.1) is 0 Å². The smallest absolute Gasteiger partial charge is 0.231 e. The molecule has 2 aliphatic rings. The monoisotopic (exact) mass is 233 g/mol. The second kappa shape index (κ2) is 4.65. The number of ether oxygens (including phenoxy) is 3. The van der Waals surface area contributed by atoms with Crippen LogP contribution in [0.4, 0.5) is 0 Å². The van der Waals surface area contributed by atoms with Crippen LogP contribution in [-0.2, 0) is 11.2 Å². The van der Waals surface area contributed by atoms with E-state index >= 15 is 0 Å². The molecule has 1 aromatic rings. The van der Waals surface area contributed by atoms with Gasteiger partial charge in [-0.25, -0.2) is 0 Å². The number of hydrogen-bond donors (Lipinski definition) is 0. The maximum Gasteiger partial charge on any atom is 0.231 e. The molecule has 0 unspecified atom stereocenters. The number of hydrogen-bond acceptors (Lipinski definition) is 4. The molecule has 0 N–H and O–H groups in total. The Morgan fingerprint density at radius 2 is 2.00 bits per heavy atom. The van der Waals surface area contributed by atoms with Crippen molar-refractivity contribution in [3.8, 4) is 11.5 Å². The van der Waals surface area contributed by atoms with Crippen molar-refractivity contribution < 1.29 is 14.2 Å². The molecule has 1 aromatic carbocycles. The van der Waals surface area contributed by atoms with Crippen LogP contribution in [0.2, 0.25) is 0 Å². The second-order valence-electron chi connectivity index (χ2n) is 4.17. The predicted molar refractivity (Wildman–Crippen MR) is 63.8 cm³/mol. The summed E-state index contributed by atoms with van der Waals surface area (Å²) in [6.07, 6.45) is 2.82. The minimum atomic E-state index is 0.328. The van der Waals surface area contributed by atoms with Crippen molar-refractivity contribution in [3.05, 3.63) is 23.8 Å². The average molecular weight is 233 g/mol. The predicted octanol–water partition coefficient (Wildman–Crippen LogP) is 2.17. The molecule has 0 aromatic heterocycles. The van der Waals surface area contributed by atoms with E-state index in [1.165, 1.54) is 5.56 Å². The van der Waals surface area contributed by atoms with Gasteiger partial charge in [0.1, 0.15) is 0 Å². The van der Waals surface area contributed by atoms with E-state index < -0.39 is 0 Å². The van der Waals surface area contributed by atoms with E-state index in [1.54, 1.807) is 0 Å². The van der Waals surface area contributed by atoms with Crippen molar-refractivity contribution in [2.24, 2.45) is 4.99 Å². The van der Waals surface area contributed by atoms with E-state index in [1.807, 2.05) is 12.1 Å². The van der Waals surface area contributed by atoms with Gasteiger partial charge in [-0.2, -0.15) is 0 Å². The Morgan fingerprint density at radius 1 is 1.06 bits per heavy atom. The van der Waals surface area contributed by atoms with Crippen molar-refractivity contribution in [2.45, 2.75) is 19.3 Å². The summed E-state index contributed by atoms with van der Waals surface area (Å²) in [5.74, 6) is 2.56. The minimum Gasteiger partial charge on any atom is -0.481 e. The van der Waals surface area contributed by atoms with Crippen LogP contribution < -0.4 is 9.47 Å². The van der Waals surface area contributed by atoms with Gasteiger partial charge in [-0.05, 0) is 24.1 Å². The van der Waals surface area contributed by atoms with Crippen molar-refractivity contribution in [1.29, 1.82) is 0 Å². The molecule has 0 bridgehead atoms. The summed E-state index contributed by atoms with van der Waals surface area (Å²) < 4.78 is 16.1. The van der Waals surface area contributed by atoms with Crippen LogP contribution in [0.5, 0.6) is 11.5 Å². The highest BCUT2D eigenvalue weighted by molar-refractivity contribution is 5.76. The van der Waals surface area contributed by atoms with Gasteiger partial charge in [0.25, 0.3) is 0 Å². The average Bonchev–Trinajstić information content (AvgIpc) is 2.85. The molecule has 3 rings (SSSR count). The SMILES string of the molecule is c1cc2c(cc1CCC1=NCCCO1)OCO2. The number of aliphatic imine (C=N–C) groups is 1. The number of rotatable bonds is 3. The lowest BCUT2D eigenvalue weighted by molar-refractivity contribution is 0.174. The fourth-order valence-corrected chi connectivity index (χ4v) is 2.00. The molecule has 0 amide bonds. The lowest BCUT2D eigenvalue weighted by Crippen LogP contribution is -2.14. The Hall–Kier alpha value is -1.71. The molecule has 2 heterocycles. The number of aryl methyl sites for hydroxylation is 1. The van der Waals surface area contributed by atoms with Gasteiger partial charge in [-0.1, -0.05) is 6.07 Å².